The van der Waals surface area contributed by atoms with Crippen molar-refractivity contribution in [3.8, 4) is 11.5 Å². The van der Waals surface area contributed by atoms with Crippen LogP contribution in [-0.2, 0) is 16.4 Å². The van der Waals surface area contributed by atoms with Gasteiger partial charge in [-0.3, -0.25) is 0 Å². The fourth-order valence-corrected chi connectivity index (χ4v) is 3.96. The highest BCUT2D eigenvalue weighted by Crippen LogP contribution is 2.22. The second kappa shape index (κ2) is 7.39. The predicted molar refractivity (Wildman–Crippen MR) is 97.0 cm³/mol. The Hall–Kier alpha value is -2.15. The fourth-order valence-electron chi connectivity index (χ4n) is 2.41. The van der Waals surface area contributed by atoms with Gasteiger partial charge in [-0.2, -0.15) is 0 Å². The maximum Gasteiger partial charge on any atom is 0.242 e. The van der Waals surface area contributed by atoms with Crippen LogP contribution >= 0.6 is 11.6 Å². The molecule has 5 nitrogen and oxygen atoms in total. The summed E-state index contributed by atoms with van der Waals surface area (Å²) in [6.07, 6.45) is 0.422. The molecule has 1 aromatic heterocycles. The predicted octanol–water partition coefficient (Wildman–Crippen LogP) is 3.82. The summed E-state index contributed by atoms with van der Waals surface area (Å²) in [4.78, 5) is 4.53. The van der Waals surface area contributed by atoms with E-state index in [1.54, 1.807) is 18.2 Å². The van der Waals surface area contributed by atoms with E-state index in [-0.39, 0.29) is 16.5 Å². The van der Waals surface area contributed by atoms with Crippen LogP contribution in [0.3, 0.4) is 0 Å². The highest BCUT2D eigenvalue weighted by atomic mass is 35.5. The molecule has 3 rings (SSSR count). The summed E-state index contributed by atoms with van der Waals surface area (Å²) in [6.45, 7) is 2.02. The molecule has 25 heavy (non-hydrogen) atoms. The lowest BCUT2D eigenvalue weighted by Crippen LogP contribution is -2.26. The van der Waals surface area contributed by atoms with Crippen LogP contribution < -0.4 is 4.72 Å². The number of hydrogen-bond donors (Lipinski definition) is 1. The van der Waals surface area contributed by atoms with Crippen LogP contribution in [-0.4, -0.2) is 19.9 Å². The minimum atomic E-state index is -3.66. The quantitative estimate of drug-likeness (QED) is 0.709. The number of rotatable bonds is 6. The second-order valence-corrected chi connectivity index (χ2v) is 7.61. The van der Waals surface area contributed by atoms with Gasteiger partial charge in [-0.25, -0.2) is 18.1 Å². The summed E-state index contributed by atoms with van der Waals surface area (Å²) in [5.74, 6) is 1.21. The summed E-state index contributed by atoms with van der Waals surface area (Å²) in [7, 11) is -3.66. The zero-order valence-electron chi connectivity index (χ0n) is 13.6. The van der Waals surface area contributed by atoms with E-state index in [1.807, 2.05) is 37.3 Å². The molecular weight excluding hydrogens is 360 g/mol. The van der Waals surface area contributed by atoms with Gasteiger partial charge in [0.1, 0.15) is 10.7 Å². The summed E-state index contributed by atoms with van der Waals surface area (Å²) in [5, 5.41) is 0.194. The van der Waals surface area contributed by atoms with Crippen LogP contribution in [0, 0.1) is 6.92 Å². The number of halogens is 1. The van der Waals surface area contributed by atoms with Crippen molar-refractivity contribution in [3.63, 3.8) is 0 Å². The number of aryl methyl sites for hydroxylation is 1. The van der Waals surface area contributed by atoms with Crippen molar-refractivity contribution >= 4 is 21.6 Å². The van der Waals surface area contributed by atoms with Crippen molar-refractivity contribution in [1.82, 2.24) is 9.71 Å². The van der Waals surface area contributed by atoms with Crippen molar-refractivity contribution in [2.75, 3.05) is 6.54 Å². The van der Waals surface area contributed by atoms with Gasteiger partial charge in [0.25, 0.3) is 0 Å². The van der Waals surface area contributed by atoms with E-state index in [9.17, 15) is 8.42 Å². The number of nitrogens with one attached hydrogen (secondary N) is 1. The van der Waals surface area contributed by atoms with E-state index in [1.165, 1.54) is 6.07 Å². The Balaban J connectivity index is 1.69. The molecular formula is C18H17ClN2O3S. The van der Waals surface area contributed by atoms with Crippen LogP contribution in [0.25, 0.3) is 11.5 Å². The van der Waals surface area contributed by atoms with E-state index in [0.717, 1.165) is 11.3 Å². The first-order chi connectivity index (χ1) is 12.0. The monoisotopic (exact) mass is 376 g/mol. The topological polar surface area (TPSA) is 72.2 Å². The molecule has 0 aliphatic heterocycles. The third-order valence-electron chi connectivity index (χ3n) is 3.69. The first kappa shape index (κ1) is 17.7. The Morgan fingerprint density at radius 1 is 1.08 bits per heavy atom. The SMILES string of the molecule is Cc1oc(-c2ccccc2)nc1CCNS(=O)(=O)c1ccccc1Cl. The normalized spacial score (nSPS) is 11.6. The maximum atomic E-state index is 12.3. The standard InChI is InChI=1S/C18H17ClN2O3S/c1-13-16(21-18(24-13)14-7-3-2-4-8-14)11-12-20-25(22,23)17-10-6-5-9-15(17)19/h2-10,20H,11-12H2,1H3. The lowest BCUT2D eigenvalue weighted by molar-refractivity contribution is 0.538. The molecule has 3 aromatic rings. The Kier molecular flexibility index (Phi) is 5.22. The summed E-state index contributed by atoms with van der Waals surface area (Å²) in [6, 6.07) is 15.9. The molecule has 1 N–H and O–H groups in total. The Morgan fingerprint density at radius 2 is 1.76 bits per heavy atom. The van der Waals surface area contributed by atoms with E-state index in [4.69, 9.17) is 16.0 Å². The highest BCUT2D eigenvalue weighted by molar-refractivity contribution is 7.89. The first-order valence-electron chi connectivity index (χ1n) is 7.73. The zero-order chi connectivity index (χ0) is 17.9. The van der Waals surface area contributed by atoms with Gasteiger partial charge in [-0.05, 0) is 31.2 Å². The van der Waals surface area contributed by atoms with Gasteiger partial charge in [-0.15, -0.1) is 0 Å². The molecule has 1 heterocycles. The van der Waals surface area contributed by atoms with E-state index >= 15 is 0 Å². The van der Waals surface area contributed by atoms with Crippen LogP contribution in [0.15, 0.2) is 63.9 Å². The number of nitrogens with zero attached hydrogens (tertiary/aromatic N) is 1. The van der Waals surface area contributed by atoms with Gasteiger partial charge in [0.05, 0.1) is 10.7 Å². The van der Waals surface area contributed by atoms with Crippen LogP contribution in [0.4, 0.5) is 0 Å². The van der Waals surface area contributed by atoms with Gasteiger partial charge < -0.3 is 4.42 Å². The lowest BCUT2D eigenvalue weighted by Gasteiger charge is -2.07. The molecule has 0 unspecified atom stereocenters. The molecule has 7 heteroatoms. The lowest BCUT2D eigenvalue weighted by atomic mass is 10.2. The van der Waals surface area contributed by atoms with Crippen molar-refractivity contribution in [2.24, 2.45) is 0 Å². The molecule has 0 fully saturated rings. The molecule has 0 saturated heterocycles. The van der Waals surface area contributed by atoms with Crippen molar-refractivity contribution in [3.05, 3.63) is 71.1 Å². The van der Waals surface area contributed by atoms with Crippen molar-refractivity contribution in [2.45, 2.75) is 18.2 Å². The number of oxazole rings is 1. The van der Waals surface area contributed by atoms with Gasteiger partial charge in [-0.1, -0.05) is 41.9 Å². The molecule has 0 bridgehead atoms. The molecule has 2 aromatic carbocycles. The summed E-state index contributed by atoms with van der Waals surface area (Å²) >= 11 is 5.95. The third kappa shape index (κ3) is 4.10. The largest absolute Gasteiger partial charge is 0.441 e. The van der Waals surface area contributed by atoms with Crippen molar-refractivity contribution < 1.29 is 12.8 Å². The van der Waals surface area contributed by atoms with Crippen LogP contribution in [0.5, 0.6) is 0 Å². The Morgan fingerprint density at radius 3 is 2.48 bits per heavy atom. The van der Waals surface area contributed by atoms with E-state index in [0.29, 0.717) is 18.1 Å². The minimum absolute atomic E-state index is 0.0681. The minimum Gasteiger partial charge on any atom is -0.441 e. The van der Waals surface area contributed by atoms with E-state index in [2.05, 4.69) is 9.71 Å². The molecule has 0 amide bonds. The molecule has 0 aliphatic rings. The Labute approximate surface area is 151 Å². The molecule has 0 atom stereocenters. The molecule has 0 spiro atoms. The first-order valence-corrected chi connectivity index (χ1v) is 9.59. The smallest absolute Gasteiger partial charge is 0.242 e. The van der Waals surface area contributed by atoms with Crippen LogP contribution in [0.1, 0.15) is 11.5 Å². The number of aromatic nitrogens is 1. The fraction of sp³-hybridized carbons (Fsp3) is 0.167. The molecule has 130 valence electrons. The van der Waals surface area contributed by atoms with Gasteiger partial charge >= 0.3 is 0 Å². The van der Waals surface area contributed by atoms with E-state index < -0.39 is 10.0 Å². The number of sulfonamides is 1. The van der Waals surface area contributed by atoms with Gasteiger partial charge in [0.15, 0.2) is 0 Å². The van der Waals surface area contributed by atoms with Gasteiger partial charge in [0.2, 0.25) is 15.9 Å². The highest BCUT2D eigenvalue weighted by Gasteiger charge is 2.18. The average molecular weight is 377 g/mol. The second-order valence-electron chi connectivity index (χ2n) is 5.47. The zero-order valence-corrected chi connectivity index (χ0v) is 15.1. The third-order valence-corrected chi connectivity index (χ3v) is 5.65. The van der Waals surface area contributed by atoms with Gasteiger partial charge in [0, 0.05) is 18.5 Å². The number of benzene rings is 2. The molecule has 0 aliphatic carbocycles. The molecule has 0 radical (unpaired) electrons. The summed E-state index contributed by atoms with van der Waals surface area (Å²) < 4.78 is 32.9. The molecule has 0 saturated carbocycles. The number of hydrogen-bond acceptors (Lipinski definition) is 4. The average Bonchev–Trinajstić information content (AvgIpc) is 2.97. The van der Waals surface area contributed by atoms with Crippen molar-refractivity contribution in [1.29, 1.82) is 0 Å². The maximum absolute atomic E-state index is 12.3. The summed E-state index contributed by atoms with van der Waals surface area (Å²) in [5.41, 5.74) is 1.61. The Bertz CT molecular complexity index is 969. The van der Waals surface area contributed by atoms with Crippen LogP contribution in [0.2, 0.25) is 5.02 Å².